The minimum absolute atomic E-state index is 0.641. The van der Waals surface area contributed by atoms with Crippen LogP contribution in [0.3, 0.4) is 0 Å². The first-order valence-corrected chi connectivity index (χ1v) is 18.9. The van der Waals surface area contributed by atoms with E-state index in [4.69, 9.17) is 19.9 Å². The van der Waals surface area contributed by atoms with Crippen LogP contribution in [0, 0.1) is 0 Å². The molecule has 0 N–H and O–H groups in total. The molecule has 0 aliphatic heterocycles. The highest BCUT2D eigenvalue weighted by Gasteiger charge is 2.31. The van der Waals surface area contributed by atoms with E-state index in [-0.39, 0.29) is 0 Å². The third kappa shape index (κ3) is 5.32. The van der Waals surface area contributed by atoms with Gasteiger partial charge in [-0.15, -0.1) is 0 Å². The Hall–Kier alpha value is -7.50. The Kier molecular flexibility index (Phi) is 7.49. The van der Waals surface area contributed by atoms with Crippen LogP contribution in [-0.2, 0) is 6.42 Å². The van der Waals surface area contributed by atoms with E-state index in [0.29, 0.717) is 17.5 Å². The standard InChI is InChI=1S/C51H33N5/c1-4-15-34(16-5-1)48-42-32-45-47(46(42)40-23-10-12-25-43(40)52-48)41-24-11-13-26-44(41)56(45)39-29-27-33(28-30-39)37-21-14-22-38(31-37)51-54-49(35-17-6-2-7-18-35)53-50(55-51)36-19-8-3-9-20-36/h1-31H,32H2. The highest BCUT2D eigenvalue weighted by molar-refractivity contribution is 6.11. The number of hydrogen-bond donors (Lipinski definition) is 0. The van der Waals surface area contributed by atoms with Crippen LogP contribution < -0.4 is 0 Å². The van der Waals surface area contributed by atoms with Crippen molar-refractivity contribution in [2.75, 3.05) is 0 Å². The Morgan fingerprint density at radius 2 is 0.911 bits per heavy atom. The van der Waals surface area contributed by atoms with Crippen molar-refractivity contribution in [2.24, 2.45) is 0 Å². The van der Waals surface area contributed by atoms with Gasteiger partial charge in [-0.25, -0.2) is 19.9 Å². The Balaban J connectivity index is 1.01. The number of para-hydroxylation sites is 2. The van der Waals surface area contributed by atoms with Gasteiger partial charge in [0, 0.05) is 56.4 Å². The van der Waals surface area contributed by atoms with Gasteiger partial charge in [0.1, 0.15) is 0 Å². The predicted octanol–water partition coefficient (Wildman–Crippen LogP) is 12.3. The van der Waals surface area contributed by atoms with Crippen molar-refractivity contribution in [3.63, 3.8) is 0 Å². The summed E-state index contributed by atoms with van der Waals surface area (Å²) in [5.74, 6) is 1.94. The SMILES string of the molecule is c1ccc(-c2nc(-c3ccccc3)nc(-c3cccc(-c4ccc(-n5c6c(c7ccccc75)-c5c(c(-c7ccccc7)nc7ccccc57)C6)cc4)c3)n2)cc1. The van der Waals surface area contributed by atoms with Gasteiger partial charge in [0.2, 0.25) is 0 Å². The maximum atomic E-state index is 5.25. The topological polar surface area (TPSA) is 56.5 Å². The molecule has 0 radical (unpaired) electrons. The number of nitrogens with zero attached hydrogens (tertiary/aromatic N) is 5. The van der Waals surface area contributed by atoms with Crippen LogP contribution in [0.2, 0.25) is 0 Å². The lowest BCUT2D eigenvalue weighted by atomic mass is 9.95. The first-order valence-electron chi connectivity index (χ1n) is 18.9. The van der Waals surface area contributed by atoms with E-state index >= 15 is 0 Å². The fourth-order valence-corrected chi connectivity index (χ4v) is 8.32. The number of fused-ring (bicyclic) bond motifs is 7. The third-order valence-electron chi connectivity index (χ3n) is 10.9. The summed E-state index contributed by atoms with van der Waals surface area (Å²) in [5, 5.41) is 2.46. The van der Waals surface area contributed by atoms with Crippen LogP contribution in [-0.4, -0.2) is 24.5 Å². The largest absolute Gasteiger partial charge is 0.313 e. The van der Waals surface area contributed by atoms with E-state index in [1.165, 1.54) is 38.7 Å². The number of aromatic nitrogens is 5. The van der Waals surface area contributed by atoms with E-state index in [0.717, 1.165) is 56.7 Å². The average molecular weight is 716 g/mol. The van der Waals surface area contributed by atoms with Crippen molar-refractivity contribution >= 4 is 21.8 Å². The van der Waals surface area contributed by atoms with E-state index in [2.05, 4.69) is 132 Å². The van der Waals surface area contributed by atoms with Gasteiger partial charge in [0.15, 0.2) is 17.5 Å². The van der Waals surface area contributed by atoms with Crippen molar-refractivity contribution in [1.82, 2.24) is 24.5 Å². The molecular formula is C51H33N5. The number of hydrogen-bond acceptors (Lipinski definition) is 4. The molecule has 0 fully saturated rings. The Labute approximate surface area is 324 Å². The Morgan fingerprint density at radius 3 is 1.59 bits per heavy atom. The predicted molar refractivity (Wildman–Crippen MR) is 227 cm³/mol. The van der Waals surface area contributed by atoms with Gasteiger partial charge >= 0.3 is 0 Å². The summed E-state index contributed by atoms with van der Waals surface area (Å²) < 4.78 is 2.45. The number of benzene rings is 7. The second kappa shape index (κ2) is 13.1. The summed E-state index contributed by atoms with van der Waals surface area (Å²) in [7, 11) is 0. The van der Waals surface area contributed by atoms with E-state index < -0.39 is 0 Å². The number of pyridine rings is 1. The molecule has 0 saturated carbocycles. The van der Waals surface area contributed by atoms with Crippen LogP contribution in [0.1, 0.15) is 11.3 Å². The quantitative estimate of drug-likeness (QED) is 0.172. The fourth-order valence-electron chi connectivity index (χ4n) is 8.32. The lowest BCUT2D eigenvalue weighted by Crippen LogP contribution is -2.01. The maximum Gasteiger partial charge on any atom is 0.164 e. The highest BCUT2D eigenvalue weighted by Crippen LogP contribution is 2.50. The molecule has 1 aliphatic rings. The molecule has 0 spiro atoms. The molecule has 1 aliphatic carbocycles. The zero-order chi connectivity index (χ0) is 37.0. The first-order chi connectivity index (χ1) is 27.8. The molecule has 3 aromatic heterocycles. The zero-order valence-corrected chi connectivity index (χ0v) is 30.3. The second-order valence-electron chi connectivity index (χ2n) is 14.2. The lowest BCUT2D eigenvalue weighted by molar-refractivity contribution is 1.01. The van der Waals surface area contributed by atoms with Gasteiger partial charge in [-0.05, 0) is 52.6 Å². The second-order valence-corrected chi connectivity index (χ2v) is 14.2. The van der Waals surface area contributed by atoms with E-state index in [1.54, 1.807) is 0 Å². The fraction of sp³-hybridized carbons (Fsp3) is 0.0196. The molecule has 0 bridgehead atoms. The van der Waals surface area contributed by atoms with Gasteiger partial charge in [-0.1, -0.05) is 158 Å². The molecule has 11 rings (SSSR count). The molecule has 0 atom stereocenters. The Morgan fingerprint density at radius 1 is 0.375 bits per heavy atom. The summed E-state index contributed by atoms with van der Waals surface area (Å²) in [6, 6.07) is 65.6. The van der Waals surface area contributed by atoms with Gasteiger partial charge < -0.3 is 4.57 Å². The molecule has 0 unspecified atom stereocenters. The van der Waals surface area contributed by atoms with Gasteiger partial charge in [-0.3, -0.25) is 0 Å². The van der Waals surface area contributed by atoms with Crippen LogP contribution in [0.5, 0.6) is 0 Å². The van der Waals surface area contributed by atoms with Crippen LogP contribution >= 0.6 is 0 Å². The van der Waals surface area contributed by atoms with Crippen molar-refractivity contribution in [1.29, 1.82) is 0 Å². The van der Waals surface area contributed by atoms with Crippen molar-refractivity contribution in [3.8, 4) is 73.4 Å². The van der Waals surface area contributed by atoms with Crippen molar-refractivity contribution in [2.45, 2.75) is 6.42 Å². The highest BCUT2D eigenvalue weighted by atomic mass is 15.0. The normalized spacial score (nSPS) is 11.9. The third-order valence-corrected chi connectivity index (χ3v) is 10.9. The molecule has 3 heterocycles. The summed E-state index contributed by atoms with van der Waals surface area (Å²) in [6.07, 6.45) is 0.799. The minimum Gasteiger partial charge on any atom is -0.313 e. The molecule has 5 nitrogen and oxygen atoms in total. The number of rotatable bonds is 6. The van der Waals surface area contributed by atoms with E-state index in [9.17, 15) is 0 Å². The molecule has 262 valence electrons. The minimum atomic E-state index is 0.641. The molecule has 0 saturated heterocycles. The smallest absolute Gasteiger partial charge is 0.164 e. The van der Waals surface area contributed by atoms with Gasteiger partial charge in [-0.2, -0.15) is 0 Å². The molecular weight excluding hydrogens is 683 g/mol. The summed E-state index contributed by atoms with van der Waals surface area (Å²) in [4.78, 5) is 20.1. The monoisotopic (exact) mass is 715 g/mol. The zero-order valence-electron chi connectivity index (χ0n) is 30.3. The molecule has 5 heteroatoms. The van der Waals surface area contributed by atoms with E-state index in [1.807, 2.05) is 60.7 Å². The molecule has 7 aromatic carbocycles. The summed E-state index contributed by atoms with van der Waals surface area (Å²) in [5.41, 5.74) is 15.8. The molecule has 10 aromatic rings. The van der Waals surface area contributed by atoms with Crippen molar-refractivity contribution < 1.29 is 0 Å². The van der Waals surface area contributed by atoms with Gasteiger partial charge in [0.25, 0.3) is 0 Å². The van der Waals surface area contributed by atoms with Crippen LogP contribution in [0.25, 0.3) is 95.2 Å². The Bertz CT molecular complexity index is 3020. The van der Waals surface area contributed by atoms with Crippen molar-refractivity contribution in [3.05, 3.63) is 199 Å². The maximum absolute atomic E-state index is 5.25. The first kappa shape index (κ1) is 32.0. The summed E-state index contributed by atoms with van der Waals surface area (Å²) >= 11 is 0. The molecule has 56 heavy (non-hydrogen) atoms. The van der Waals surface area contributed by atoms with Gasteiger partial charge in [0.05, 0.1) is 16.7 Å². The molecule has 0 amide bonds. The average Bonchev–Trinajstić information content (AvgIpc) is 3.82. The van der Waals surface area contributed by atoms with Crippen LogP contribution in [0.15, 0.2) is 188 Å². The lowest BCUT2D eigenvalue weighted by Gasteiger charge is -2.14. The summed E-state index contributed by atoms with van der Waals surface area (Å²) in [6.45, 7) is 0. The van der Waals surface area contributed by atoms with Crippen LogP contribution in [0.4, 0.5) is 0 Å².